The van der Waals surface area contributed by atoms with Crippen molar-refractivity contribution in [2.45, 2.75) is 129 Å². The van der Waals surface area contributed by atoms with Crippen LogP contribution in [0.1, 0.15) is 124 Å². The maximum absolute atomic E-state index is 12.3. The Morgan fingerprint density at radius 3 is 1.59 bits per heavy atom. The van der Waals surface area contributed by atoms with Crippen LogP contribution in [0, 0.1) is 11.3 Å². The number of hydrogen-bond donors (Lipinski definition) is 1. The van der Waals surface area contributed by atoms with E-state index in [4.69, 9.17) is 0 Å². The van der Waals surface area contributed by atoms with Gasteiger partial charge in [0.2, 0.25) is 0 Å². The van der Waals surface area contributed by atoms with Crippen LogP contribution in [-0.4, -0.2) is 30.2 Å². The van der Waals surface area contributed by atoms with Gasteiger partial charge in [-0.05, 0) is 18.8 Å². The Hall–Kier alpha value is 0.850. The molecular weight excluding hydrogens is 478 g/mol. The fourth-order valence-corrected chi connectivity index (χ4v) is 5.77. The zero-order chi connectivity index (χ0) is 24.6. The van der Waals surface area contributed by atoms with Crippen molar-refractivity contribution >= 4 is 22.1 Å². The molecule has 0 saturated heterocycles. The molecule has 3 unspecified atom stereocenters. The smallest absolute Gasteiger partial charge is 0.549 e. The van der Waals surface area contributed by atoms with Gasteiger partial charge in [-0.3, -0.25) is 4.55 Å². The molecule has 0 aromatic carbocycles. The third-order valence-electron chi connectivity index (χ3n) is 6.59. The molecule has 0 amide bonds. The van der Waals surface area contributed by atoms with Crippen molar-refractivity contribution in [1.29, 1.82) is 0 Å². The average Bonchev–Trinajstić information content (AvgIpc) is 2.70. The molecule has 0 saturated carbocycles. The van der Waals surface area contributed by atoms with Crippen molar-refractivity contribution in [2.24, 2.45) is 11.3 Å². The maximum atomic E-state index is 12.3. The van der Waals surface area contributed by atoms with Gasteiger partial charge in [0.1, 0.15) is 5.25 Å². The van der Waals surface area contributed by atoms with Crippen LogP contribution >= 0.6 is 0 Å². The molecule has 34 heavy (non-hydrogen) atoms. The minimum absolute atomic E-state index is 0. The zero-order valence-corrected chi connectivity index (χ0v) is 27.1. The zero-order valence-electron chi connectivity index (χ0n) is 22.3. The molecule has 7 nitrogen and oxygen atoms in total. The molecule has 0 aliphatic rings. The van der Waals surface area contributed by atoms with Gasteiger partial charge in [0.05, 0.1) is 5.97 Å². The molecule has 0 rings (SSSR count). The second kappa shape index (κ2) is 21.9. The minimum atomic E-state index is -5.19. The summed E-state index contributed by atoms with van der Waals surface area (Å²) in [5.74, 6) is -4.01. The van der Waals surface area contributed by atoms with Gasteiger partial charge in [-0.25, -0.2) is 0 Å². The standard InChI is InChI=1S/C24H46O7S.2Na/c1-4-7-9-10-11-12-13-14-15-16-18-24(23(27)28,19-20(6-3)17-8-5-2)21(22(25)26)32(29,30)31;;/h20-21H,4-19H2,1-3H3,(H,25,26)(H,27,28)(H,29,30,31);;/q;2*+1/p-2. The van der Waals surface area contributed by atoms with Crippen molar-refractivity contribution in [3.63, 3.8) is 0 Å². The first kappa shape index (κ1) is 39.4. The van der Waals surface area contributed by atoms with Crippen LogP contribution in [-0.2, 0) is 19.7 Å². The van der Waals surface area contributed by atoms with Crippen LogP contribution in [0.15, 0.2) is 0 Å². The van der Waals surface area contributed by atoms with Crippen LogP contribution in [0.3, 0.4) is 0 Å². The van der Waals surface area contributed by atoms with Crippen LogP contribution in [0.25, 0.3) is 0 Å². The van der Waals surface area contributed by atoms with E-state index in [2.05, 4.69) is 6.92 Å². The molecule has 0 bridgehead atoms. The summed E-state index contributed by atoms with van der Waals surface area (Å²) in [6.07, 6.45) is 12.6. The van der Waals surface area contributed by atoms with Crippen molar-refractivity contribution in [3.8, 4) is 0 Å². The molecule has 0 aliphatic carbocycles. The van der Waals surface area contributed by atoms with E-state index in [-0.39, 0.29) is 77.9 Å². The van der Waals surface area contributed by atoms with E-state index in [0.717, 1.165) is 38.5 Å². The third-order valence-corrected chi connectivity index (χ3v) is 7.83. The molecule has 0 spiro atoms. The Morgan fingerprint density at radius 1 is 0.794 bits per heavy atom. The van der Waals surface area contributed by atoms with Gasteiger partial charge >= 0.3 is 59.1 Å². The van der Waals surface area contributed by atoms with E-state index in [9.17, 15) is 32.8 Å². The molecule has 10 heteroatoms. The van der Waals surface area contributed by atoms with E-state index < -0.39 is 32.7 Å². The number of carbonyl (C=O) groups is 2. The van der Waals surface area contributed by atoms with Crippen molar-refractivity contribution in [2.75, 3.05) is 0 Å². The minimum Gasteiger partial charge on any atom is -0.549 e. The quantitative estimate of drug-likeness (QED) is 0.101. The summed E-state index contributed by atoms with van der Waals surface area (Å²) in [5.41, 5.74) is -2.21. The van der Waals surface area contributed by atoms with Gasteiger partial charge < -0.3 is 19.8 Å². The Balaban J connectivity index is -0.00000480. The molecule has 0 heterocycles. The van der Waals surface area contributed by atoms with Crippen molar-refractivity contribution < 1.29 is 91.9 Å². The Labute approximate surface area is 251 Å². The fraction of sp³-hybridized carbons (Fsp3) is 0.917. The van der Waals surface area contributed by atoms with Gasteiger partial charge in [-0.15, -0.1) is 0 Å². The van der Waals surface area contributed by atoms with Crippen LogP contribution < -0.4 is 69.3 Å². The SMILES string of the molecule is CCCCCCCCCCCCC(CC(CC)CCCC)(C(=O)[O-])C(C(=O)[O-])S(=O)(=O)O.[Na+].[Na+]. The van der Waals surface area contributed by atoms with Crippen LogP contribution in [0.2, 0.25) is 0 Å². The number of carboxylic acid groups (broad SMARTS) is 2. The molecule has 0 radical (unpaired) electrons. The normalized spacial score (nSPS) is 14.8. The summed E-state index contributed by atoms with van der Waals surface area (Å²) in [5, 5.41) is 21.4. The predicted octanol–water partition coefficient (Wildman–Crippen LogP) is -2.35. The molecule has 0 fully saturated rings. The van der Waals surface area contributed by atoms with Gasteiger partial charge in [0, 0.05) is 11.4 Å². The average molecular weight is 523 g/mol. The summed E-state index contributed by atoms with van der Waals surface area (Å²) in [4.78, 5) is 24.0. The van der Waals surface area contributed by atoms with E-state index >= 15 is 0 Å². The molecule has 3 atom stereocenters. The Morgan fingerprint density at radius 2 is 1.24 bits per heavy atom. The molecule has 0 aromatic rings. The monoisotopic (exact) mass is 522 g/mol. The number of aliphatic carboxylic acids is 2. The van der Waals surface area contributed by atoms with Crippen LogP contribution in [0.5, 0.6) is 0 Å². The van der Waals surface area contributed by atoms with E-state index in [1.807, 2.05) is 13.8 Å². The van der Waals surface area contributed by atoms with Gasteiger partial charge in [-0.2, -0.15) is 8.42 Å². The Kier molecular flexibility index (Phi) is 25.3. The molecule has 1 N–H and O–H groups in total. The third kappa shape index (κ3) is 15.2. The first-order valence-corrected chi connectivity index (χ1v) is 14.0. The summed E-state index contributed by atoms with van der Waals surface area (Å²) in [7, 11) is -5.19. The largest absolute Gasteiger partial charge is 1.00 e. The van der Waals surface area contributed by atoms with Gasteiger partial charge in [-0.1, -0.05) is 111 Å². The first-order valence-electron chi connectivity index (χ1n) is 12.4. The summed E-state index contributed by atoms with van der Waals surface area (Å²) in [6, 6.07) is 0. The molecular formula is C24H44Na2O7S. The number of hydrogen-bond acceptors (Lipinski definition) is 6. The fourth-order valence-electron chi connectivity index (χ4n) is 4.65. The predicted molar refractivity (Wildman–Crippen MR) is 122 cm³/mol. The molecule has 0 aliphatic heterocycles. The second-order valence-electron chi connectivity index (χ2n) is 9.21. The Bertz CT molecular complexity index is 643. The second-order valence-corrected chi connectivity index (χ2v) is 10.7. The summed E-state index contributed by atoms with van der Waals surface area (Å²) >= 11 is 0. The number of rotatable bonds is 21. The van der Waals surface area contributed by atoms with E-state index in [0.29, 0.717) is 25.7 Å². The first-order chi connectivity index (χ1) is 15.1. The van der Waals surface area contributed by atoms with Crippen LogP contribution in [0.4, 0.5) is 0 Å². The van der Waals surface area contributed by atoms with Crippen molar-refractivity contribution in [1.82, 2.24) is 0 Å². The number of carbonyl (C=O) groups excluding carboxylic acids is 2. The molecule has 0 aromatic heterocycles. The van der Waals surface area contributed by atoms with Crippen molar-refractivity contribution in [3.05, 3.63) is 0 Å². The van der Waals surface area contributed by atoms with Gasteiger partial charge in [0.15, 0.2) is 0 Å². The van der Waals surface area contributed by atoms with E-state index in [1.165, 1.54) is 25.7 Å². The maximum Gasteiger partial charge on any atom is 1.00 e. The number of carboxylic acids is 2. The number of unbranched alkanes of at least 4 members (excludes halogenated alkanes) is 10. The topological polar surface area (TPSA) is 135 Å². The summed E-state index contributed by atoms with van der Waals surface area (Å²) in [6.45, 7) is 6.03. The van der Waals surface area contributed by atoms with E-state index in [1.54, 1.807) is 0 Å². The summed E-state index contributed by atoms with van der Waals surface area (Å²) < 4.78 is 33.5. The molecule has 190 valence electrons. The van der Waals surface area contributed by atoms with Gasteiger partial charge in [0.25, 0.3) is 10.1 Å².